The zero-order chi connectivity index (χ0) is 17.0. The molecule has 0 aliphatic rings. The van der Waals surface area contributed by atoms with Gasteiger partial charge in [-0.3, -0.25) is 9.48 Å². The van der Waals surface area contributed by atoms with Gasteiger partial charge in [0.2, 0.25) is 0 Å². The van der Waals surface area contributed by atoms with E-state index in [4.69, 9.17) is 0 Å². The molecule has 0 fully saturated rings. The van der Waals surface area contributed by atoms with Crippen LogP contribution in [0.3, 0.4) is 0 Å². The van der Waals surface area contributed by atoms with Crippen LogP contribution in [0.25, 0.3) is 11.4 Å². The first-order chi connectivity index (χ1) is 10.7. The highest BCUT2D eigenvalue weighted by Crippen LogP contribution is 2.09. The van der Waals surface area contributed by atoms with Gasteiger partial charge in [0.05, 0.1) is 21.4 Å². The van der Waals surface area contributed by atoms with Crippen LogP contribution in [0.2, 0.25) is 0 Å². The Morgan fingerprint density at radius 1 is 1.48 bits per heavy atom. The lowest BCUT2D eigenvalue weighted by atomic mass is 10.3. The summed E-state index contributed by atoms with van der Waals surface area (Å²) in [7, 11) is -1.16. The Bertz CT molecular complexity index is 786. The Kier molecular flexibility index (Phi) is 5.01. The van der Waals surface area contributed by atoms with Crippen molar-refractivity contribution in [3.63, 3.8) is 0 Å². The van der Waals surface area contributed by atoms with Crippen LogP contribution in [0.4, 0.5) is 0 Å². The molecule has 1 amide bonds. The van der Waals surface area contributed by atoms with Crippen LogP contribution in [-0.4, -0.2) is 63.0 Å². The molecular weight excluding hydrogens is 324 g/mol. The van der Waals surface area contributed by atoms with Crippen LogP contribution in [0.5, 0.6) is 0 Å². The Labute approximate surface area is 133 Å². The van der Waals surface area contributed by atoms with Gasteiger partial charge in [0.15, 0.2) is 12.0 Å². The molecule has 0 aliphatic carbocycles. The molecule has 0 aromatic carbocycles. The normalized spacial score (nSPS) is 11.4. The molecular formula is C12H16N6O4S. The molecule has 23 heavy (non-hydrogen) atoms. The molecule has 0 aliphatic heterocycles. The molecule has 0 N–H and O–H groups in total. The van der Waals surface area contributed by atoms with Gasteiger partial charge in [0.1, 0.15) is 12.5 Å². The van der Waals surface area contributed by atoms with Crippen LogP contribution in [0, 0.1) is 0 Å². The summed E-state index contributed by atoms with van der Waals surface area (Å²) in [4.78, 5) is 17.2. The van der Waals surface area contributed by atoms with Crippen LogP contribution < -0.4 is 4.68 Å². The Morgan fingerprint density at radius 3 is 2.74 bits per heavy atom. The summed E-state index contributed by atoms with van der Waals surface area (Å²) < 4.78 is 34.7. The first-order valence-electron chi connectivity index (χ1n) is 6.64. The highest BCUT2D eigenvalue weighted by molar-refractivity contribution is 7.85. The lowest BCUT2D eigenvalue weighted by Gasteiger charge is -2.16. The fraction of sp³-hybridized carbons (Fsp3) is 0.417. The molecule has 0 bridgehead atoms. The molecule has 11 heteroatoms. The van der Waals surface area contributed by atoms with Crippen LogP contribution >= 0.6 is 0 Å². The summed E-state index contributed by atoms with van der Waals surface area (Å²) in [6.07, 6.45) is 4.70. The summed E-state index contributed by atoms with van der Waals surface area (Å²) in [6, 6.07) is 1.72. The quantitative estimate of drug-likeness (QED) is 0.447. The van der Waals surface area contributed by atoms with Gasteiger partial charge in [0.25, 0.3) is 12.5 Å². The lowest BCUT2D eigenvalue weighted by molar-refractivity contribution is -0.742. The van der Waals surface area contributed by atoms with Gasteiger partial charge in [-0.05, 0) is 5.10 Å². The number of carbonyl (C=O) groups is 1. The number of amides is 1. The minimum absolute atomic E-state index is 0.0642. The zero-order valence-corrected chi connectivity index (χ0v) is 13.5. The molecule has 0 saturated carbocycles. The van der Waals surface area contributed by atoms with Gasteiger partial charge >= 0.3 is 0 Å². The second kappa shape index (κ2) is 6.79. The molecule has 10 nitrogen and oxygen atoms in total. The van der Waals surface area contributed by atoms with E-state index in [1.165, 1.54) is 22.8 Å². The Hall–Kier alpha value is -2.40. The maximum Gasteiger partial charge on any atom is 0.290 e. The van der Waals surface area contributed by atoms with Crippen molar-refractivity contribution >= 4 is 16.0 Å². The maximum absolute atomic E-state index is 11.9. The molecule has 124 valence electrons. The summed E-state index contributed by atoms with van der Waals surface area (Å²) in [5, 5.41) is 8.24. The molecule has 0 radical (unpaired) electrons. The van der Waals surface area contributed by atoms with Crippen molar-refractivity contribution in [3.05, 3.63) is 24.8 Å². The summed E-state index contributed by atoms with van der Waals surface area (Å²) in [5.41, 5.74) is 0.708. The highest BCUT2D eigenvalue weighted by atomic mass is 32.2. The third-order valence-corrected chi connectivity index (χ3v) is 3.71. The summed E-state index contributed by atoms with van der Waals surface area (Å²) in [6.45, 7) is -0.216. The molecule has 2 rings (SSSR count). The molecule has 0 spiro atoms. The number of rotatable bonds is 6. The molecule has 2 heterocycles. The first kappa shape index (κ1) is 17.0. The van der Waals surface area contributed by atoms with Crippen molar-refractivity contribution < 1.29 is 22.4 Å². The number of aryl methyl sites for hydroxylation is 1. The van der Waals surface area contributed by atoms with Crippen LogP contribution in [-0.2, 0) is 28.5 Å². The van der Waals surface area contributed by atoms with E-state index in [0.717, 1.165) is 0 Å². The number of nitrogens with zero attached hydrogens (tertiary/aromatic N) is 6. The third kappa shape index (κ3) is 5.07. The fourth-order valence-corrected chi connectivity index (χ4v) is 2.21. The molecule has 0 unspecified atom stereocenters. The van der Waals surface area contributed by atoms with Crippen molar-refractivity contribution in [1.29, 1.82) is 0 Å². The number of likely N-dealkylation sites (N-methyl/N-ethyl adjacent to an activating group) is 1. The topological polar surface area (TPSA) is 125 Å². The van der Waals surface area contributed by atoms with E-state index in [9.17, 15) is 17.8 Å². The summed E-state index contributed by atoms with van der Waals surface area (Å²) >= 11 is 0. The van der Waals surface area contributed by atoms with Crippen molar-refractivity contribution in [1.82, 2.24) is 24.8 Å². The van der Waals surface area contributed by atoms with E-state index in [0.29, 0.717) is 11.4 Å². The van der Waals surface area contributed by atoms with E-state index in [1.807, 2.05) is 0 Å². The largest absolute Gasteiger partial charge is 0.748 e. The maximum atomic E-state index is 11.9. The van der Waals surface area contributed by atoms with E-state index in [1.54, 1.807) is 30.3 Å². The number of hydrogen-bond donors (Lipinski definition) is 0. The number of aromatic nitrogens is 5. The second-order valence-electron chi connectivity index (χ2n) is 4.93. The van der Waals surface area contributed by atoms with Crippen molar-refractivity contribution in [3.8, 4) is 11.4 Å². The SMILES string of the molecule is CN(CCS(=O)(=O)[O-])C(=O)C[n+]1ccc(-c2ncn(C)n2)cn1. The first-order valence-corrected chi connectivity index (χ1v) is 8.21. The number of hydrogen-bond acceptors (Lipinski definition) is 7. The second-order valence-corrected chi connectivity index (χ2v) is 6.46. The van der Waals surface area contributed by atoms with E-state index >= 15 is 0 Å². The highest BCUT2D eigenvalue weighted by Gasteiger charge is 2.17. The van der Waals surface area contributed by atoms with E-state index in [-0.39, 0.29) is 19.0 Å². The zero-order valence-electron chi connectivity index (χ0n) is 12.7. The van der Waals surface area contributed by atoms with Gasteiger partial charge < -0.3 is 9.45 Å². The third-order valence-electron chi connectivity index (χ3n) is 3.03. The molecule has 0 atom stereocenters. The fourth-order valence-electron chi connectivity index (χ4n) is 1.71. The smallest absolute Gasteiger partial charge is 0.290 e. The van der Waals surface area contributed by atoms with Gasteiger partial charge in [-0.2, -0.15) is 5.10 Å². The van der Waals surface area contributed by atoms with E-state index < -0.39 is 15.9 Å². The van der Waals surface area contributed by atoms with Crippen molar-refractivity contribution in [2.75, 3.05) is 19.3 Å². The van der Waals surface area contributed by atoms with Crippen molar-refractivity contribution in [2.45, 2.75) is 6.54 Å². The van der Waals surface area contributed by atoms with Gasteiger partial charge in [-0.25, -0.2) is 13.4 Å². The van der Waals surface area contributed by atoms with Gasteiger partial charge in [-0.15, -0.1) is 0 Å². The Balaban J connectivity index is 1.96. The minimum atomic E-state index is -4.34. The standard InChI is InChI=1S/C12H16N6O4S/c1-16(5-6-23(20,21)22)11(19)8-18-4-3-10(7-14-18)12-13-9-17(2)15-12/h3-4,7,9H,5-6,8H2,1-2H3. The van der Waals surface area contributed by atoms with Crippen LogP contribution in [0.1, 0.15) is 0 Å². The van der Waals surface area contributed by atoms with Gasteiger partial charge in [0, 0.05) is 26.7 Å². The Morgan fingerprint density at radius 2 is 2.22 bits per heavy atom. The van der Waals surface area contributed by atoms with E-state index in [2.05, 4.69) is 15.2 Å². The number of carbonyl (C=O) groups excluding carboxylic acids is 1. The monoisotopic (exact) mass is 340 g/mol. The van der Waals surface area contributed by atoms with Crippen molar-refractivity contribution in [2.24, 2.45) is 7.05 Å². The molecule has 0 saturated heterocycles. The van der Waals surface area contributed by atoms with Gasteiger partial charge in [-0.1, -0.05) is 4.68 Å². The predicted molar refractivity (Wildman–Crippen MR) is 76.6 cm³/mol. The molecule has 2 aromatic heterocycles. The summed E-state index contributed by atoms with van der Waals surface area (Å²) in [5.74, 6) is -0.441. The average Bonchev–Trinajstić information content (AvgIpc) is 2.91. The van der Waals surface area contributed by atoms with Crippen LogP contribution in [0.15, 0.2) is 24.8 Å². The lowest BCUT2D eigenvalue weighted by Crippen LogP contribution is -2.46. The molecule has 2 aromatic rings. The minimum Gasteiger partial charge on any atom is -0.748 e. The average molecular weight is 340 g/mol. The predicted octanol–water partition coefficient (Wildman–Crippen LogP) is -1.83.